The van der Waals surface area contributed by atoms with Crippen LogP contribution in [0.25, 0.3) is 5.57 Å². The Morgan fingerprint density at radius 3 is 2.33 bits per heavy atom. The highest BCUT2D eigenvalue weighted by molar-refractivity contribution is 6.09. The predicted molar refractivity (Wildman–Crippen MR) is 93.0 cm³/mol. The van der Waals surface area contributed by atoms with Gasteiger partial charge in [-0.3, -0.25) is 4.79 Å². The average Bonchev–Trinajstić information content (AvgIpc) is 2.60. The number of hydrogen-bond donors (Lipinski definition) is 1. The molecule has 0 spiro atoms. The molecule has 0 fully saturated rings. The first-order valence-electron chi connectivity index (χ1n) is 7.54. The monoisotopic (exact) mass is 324 g/mol. The molecule has 0 bridgehead atoms. The standard InChI is InChI=1S/C20H20O4/c1-20(2,13-21)19(23)12-16(14-7-5-4-6-8-14)15-9-10-17(22)18(11-15)24-3/h4-13,22H,1-3H3. The lowest BCUT2D eigenvalue weighted by Gasteiger charge is -2.15. The molecule has 0 amide bonds. The molecule has 24 heavy (non-hydrogen) atoms. The molecular weight excluding hydrogens is 304 g/mol. The van der Waals surface area contributed by atoms with E-state index < -0.39 is 5.41 Å². The van der Waals surface area contributed by atoms with Crippen molar-refractivity contribution in [1.82, 2.24) is 0 Å². The number of carbonyl (C=O) groups is 2. The van der Waals surface area contributed by atoms with E-state index in [-0.39, 0.29) is 11.5 Å². The number of methoxy groups -OCH3 is 1. The molecule has 2 aromatic rings. The van der Waals surface area contributed by atoms with E-state index in [1.807, 2.05) is 30.3 Å². The van der Waals surface area contributed by atoms with E-state index in [1.54, 1.807) is 26.0 Å². The smallest absolute Gasteiger partial charge is 0.168 e. The minimum atomic E-state index is -1.10. The molecule has 0 radical (unpaired) electrons. The van der Waals surface area contributed by atoms with Crippen LogP contribution in [0, 0.1) is 5.41 Å². The molecule has 0 atom stereocenters. The van der Waals surface area contributed by atoms with E-state index in [0.29, 0.717) is 23.2 Å². The van der Waals surface area contributed by atoms with Crippen LogP contribution in [0.1, 0.15) is 25.0 Å². The molecule has 0 aliphatic heterocycles. The second-order valence-corrected chi connectivity index (χ2v) is 6.01. The van der Waals surface area contributed by atoms with Gasteiger partial charge in [-0.05, 0) is 48.8 Å². The fourth-order valence-corrected chi connectivity index (χ4v) is 2.17. The molecule has 0 unspecified atom stereocenters. The Kier molecular flexibility index (Phi) is 5.19. The maximum atomic E-state index is 12.5. The Hall–Kier alpha value is -2.88. The normalized spacial score (nSPS) is 11.9. The minimum absolute atomic E-state index is 0.0215. The van der Waals surface area contributed by atoms with Crippen LogP contribution in [0.3, 0.4) is 0 Å². The Bertz CT molecular complexity index is 773. The number of carbonyl (C=O) groups excluding carboxylic acids is 2. The number of allylic oxidation sites excluding steroid dienone is 1. The second-order valence-electron chi connectivity index (χ2n) is 6.01. The molecule has 0 aliphatic rings. The molecule has 124 valence electrons. The molecule has 4 nitrogen and oxygen atoms in total. The van der Waals surface area contributed by atoms with Gasteiger partial charge in [0.1, 0.15) is 6.29 Å². The summed E-state index contributed by atoms with van der Waals surface area (Å²) in [6.07, 6.45) is 2.11. The summed E-state index contributed by atoms with van der Waals surface area (Å²) in [5.74, 6) is 0.0491. The molecule has 1 N–H and O–H groups in total. The van der Waals surface area contributed by atoms with Crippen LogP contribution < -0.4 is 4.74 Å². The van der Waals surface area contributed by atoms with Crippen molar-refractivity contribution in [2.24, 2.45) is 5.41 Å². The number of ether oxygens (including phenoxy) is 1. The van der Waals surface area contributed by atoms with E-state index in [4.69, 9.17) is 4.74 Å². The van der Waals surface area contributed by atoms with Crippen LogP contribution in [0.4, 0.5) is 0 Å². The topological polar surface area (TPSA) is 63.6 Å². The largest absolute Gasteiger partial charge is 0.504 e. The van der Waals surface area contributed by atoms with E-state index in [0.717, 1.165) is 5.56 Å². The van der Waals surface area contributed by atoms with Gasteiger partial charge < -0.3 is 14.6 Å². The highest BCUT2D eigenvalue weighted by Gasteiger charge is 2.25. The molecule has 4 heteroatoms. The molecule has 2 aromatic carbocycles. The van der Waals surface area contributed by atoms with Gasteiger partial charge in [0.2, 0.25) is 0 Å². The second kappa shape index (κ2) is 7.13. The minimum Gasteiger partial charge on any atom is -0.504 e. The van der Waals surface area contributed by atoms with Gasteiger partial charge in [-0.2, -0.15) is 0 Å². The maximum absolute atomic E-state index is 12.5. The van der Waals surface area contributed by atoms with Crippen LogP contribution in [0.2, 0.25) is 0 Å². The van der Waals surface area contributed by atoms with E-state index >= 15 is 0 Å². The highest BCUT2D eigenvalue weighted by atomic mass is 16.5. The summed E-state index contributed by atoms with van der Waals surface area (Å²) in [6, 6.07) is 14.3. The summed E-state index contributed by atoms with van der Waals surface area (Å²) in [5.41, 5.74) is 1.11. The average molecular weight is 324 g/mol. The number of aldehydes is 1. The first kappa shape index (κ1) is 17.5. The van der Waals surface area contributed by atoms with Gasteiger partial charge in [-0.25, -0.2) is 0 Å². The van der Waals surface area contributed by atoms with Gasteiger partial charge >= 0.3 is 0 Å². The summed E-state index contributed by atoms with van der Waals surface area (Å²) in [6.45, 7) is 3.16. The van der Waals surface area contributed by atoms with Crippen LogP contribution in [0.5, 0.6) is 11.5 Å². The zero-order valence-electron chi connectivity index (χ0n) is 13.9. The van der Waals surface area contributed by atoms with Crippen molar-refractivity contribution in [2.45, 2.75) is 13.8 Å². The predicted octanol–water partition coefficient (Wildman–Crippen LogP) is 3.63. The molecule has 0 aromatic heterocycles. The van der Waals surface area contributed by atoms with Crippen LogP contribution in [-0.4, -0.2) is 24.3 Å². The summed E-state index contributed by atoms with van der Waals surface area (Å²) < 4.78 is 5.15. The molecule has 0 saturated carbocycles. The van der Waals surface area contributed by atoms with Crippen molar-refractivity contribution in [3.8, 4) is 11.5 Å². The molecule has 0 saturated heterocycles. The first-order valence-corrected chi connectivity index (χ1v) is 7.54. The fraction of sp³-hybridized carbons (Fsp3) is 0.200. The van der Waals surface area contributed by atoms with Crippen LogP contribution in [0.15, 0.2) is 54.6 Å². The number of ketones is 1. The third-order valence-corrected chi connectivity index (χ3v) is 3.78. The van der Waals surface area contributed by atoms with E-state index in [2.05, 4.69) is 0 Å². The van der Waals surface area contributed by atoms with Crippen molar-refractivity contribution in [3.63, 3.8) is 0 Å². The number of benzene rings is 2. The number of phenolic OH excluding ortho intramolecular Hbond substituents is 1. The van der Waals surface area contributed by atoms with Gasteiger partial charge in [0, 0.05) is 0 Å². The Labute approximate surface area is 141 Å². The van der Waals surface area contributed by atoms with Gasteiger partial charge in [0.25, 0.3) is 0 Å². The zero-order valence-corrected chi connectivity index (χ0v) is 13.9. The Morgan fingerprint density at radius 1 is 1.08 bits per heavy atom. The van der Waals surface area contributed by atoms with Gasteiger partial charge in [-0.15, -0.1) is 0 Å². The van der Waals surface area contributed by atoms with Crippen molar-refractivity contribution < 1.29 is 19.4 Å². The number of aromatic hydroxyl groups is 1. The molecule has 2 rings (SSSR count). The molecular formula is C20H20O4. The van der Waals surface area contributed by atoms with E-state index in [9.17, 15) is 14.7 Å². The number of phenols is 1. The molecule has 0 aliphatic carbocycles. The zero-order chi connectivity index (χ0) is 17.7. The lowest BCUT2D eigenvalue weighted by molar-refractivity contribution is -0.128. The number of rotatable bonds is 6. The lowest BCUT2D eigenvalue weighted by atomic mass is 9.86. The van der Waals surface area contributed by atoms with Crippen LogP contribution >= 0.6 is 0 Å². The third-order valence-electron chi connectivity index (χ3n) is 3.78. The Balaban J connectivity index is 2.61. The van der Waals surface area contributed by atoms with E-state index in [1.165, 1.54) is 19.3 Å². The SMILES string of the molecule is COc1cc(C(=CC(=O)C(C)(C)C=O)c2ccccc2)ccc1O. The summed E-state index contributed by atoms with van der Waals surface area (Å²) in [4.78, 5) is 23.7. The molecule has 0 heterocycles. The number of hydrogen-bond acceptors (Lipinski definition) is 4. The van der Waals surface area contributed by atoms with Crippen LogP contribution in [-0.2, 0) is 9.59 Å². The van der Waals surface area contributed by atoms with Gasteiger partial charge in [0.15, 0.2) is 17.3 Å². The summed E-state index contributed by atoms with van der Waals surface area (Å²) in [5, 5.41) is 9.78. The Morgan fingerprint density at radius 2 is 1.75 bits per heavy atom. The van der Waals surface area contributed by atoms with Gasteiger partial charge in [0.05, 0.1) is 12.5 Å². The quantitative estimate of drug-likeness (QED) is 0.501. The summed E-state index contributed by atoms with van der Waals surface area (Å²) >= 11 is 0. The summed E-state index contributed by atoms with van der Waals surface area (Å²) in [7, 11) is 1.46. The van der Waals surface area contributed by atoms with Gasteiger partial charge in [-0.1, -0.05) is 36.4 Å². The lowest BCUT2D eigenvalue weighted by Crippen LogP contribution is -2.24. The maximum Gasteiger partial charge on any atom is 0.168 e. The highest BCUT2D eigenvalue weighted by Crippen LogP contribution is 2.32. The van der Waals surface area contributed by atoms with Crippen molar-refractivity contribution in [1.29, 1.82) is 0 Å². The van der Waals surface area contributed by atoms with Crippen molar-refractivity contribution >= 4 is 17.6 Å². The van der Waals surface area contributed by atoms with Crippen molar-refractivity contribution in [3.05, 3.63) is 65.7 Å². The third kappa shape index (κ3) is 3.71. The fourth-order valence-electron chi connectivity index (χ4n) is 2.17. The first-order chi connectivity index (χ1) is 11.4. The van der Waals surface area contributed by atoms with Crippen molar-refractivity contribution in [2.75, 3.05) is 7.11 Å².